The Balaban J connectivity index is 1.95. The van der Waals surface area contributed by atoms with Gasteiger partial charge in [-0.2, -0.15) is 0 Å². The Morgan fingerprint density at radius 3 is 2.47 bits per heavy atom. The first-order chi connectivity index (χ1) is 8.08. The summed E-state index contributed by atoms with van der Waals surface area (Å²) < 4.78 is 0. The van der Waals surface area contributed by atoms with Gasteiger partial charge in [0.1, 0.15) is 11.1 Å². The Bertz CT molecular complexity index is 374. The summed E-state index contributed by atoms with van der Waals surface area (Å²) in [6, 6.07) is 0. The third-order valence-electron chi connectivity index (χ3n) is 4.84. The Morgan fingerprint density at radius 1 is 1.06 bits per heavy atom. The molecule has 1 saturated carbocycles. The molecule has 3 fully saturated rings. The molecule has 0 unspecified atom stereocenters. The molecule has 94 valence electrons. The van der Waals surface area contributed by atoms with E-state index in [0.717, 1.165) is 45.1 Å². The Labute approximate surface area is 102 Å². The average molecular weight is 236 g/mol. The second kappa shape index (κ2) is 3.47. The summed E-state index contributed by atoms with van der Waals surface area (Å²) in [4.78, 5) is 26.8. The van der Waals surface area contributed by atoms with Crippen LogP contribution < -0.4 is 5.32 Å². The molecule has 0 aromatic heterocycles. The fraction of sp³-hybridized carbons (Fsp3) is 0.846. The van der Waals surface area contributed by atoms with Gasteiger partial charge in [0, 0.05) is 6.54 Å². The number of nitrogens with zero attached hydrogens (tertiary/aromatic N) is 1. The normalized spacial score (nSPS) is 35.9. The van der Waals surface area contributed by atoms with E-state index in [1.165, 1.54) is 6.42 Å². The van der Waals surface area contributed by atoms with E-state index in [4.69, 9.17) is 0 Å². The molecule has 0 aromatic carbocycles. The van der Waals surface area contributed by atoms with Crippen LogP contribution in [0.5, 0.6) is 0 Å². The fourth-order valence-electron chi connectivity index (χ4n) is 3.68. The van der Waals surface area contributed by atoms with Crippen molar-refractivity contribution in [3.63, 3.8) is 0 Å². The molecular weight excluding hydrogens is 216 g/mol. The summed E-state index contributed by atoms with van der Waals surface area (Å²) in [7, 11) is 0. The third kappa shape index (κ3) is 1.36. The summed E-state index contributed by atoms with van der Waals surface area (Å²) in [6.45, 7) is 2.66. The van der Waals surface area contributed by atoms with Crippen LogP contribution in [0.4, 0.5) is 0 Å². The molecule has 0 bridgehead atoms. The molecule has 3 aliphatic rings. The molecular formula is C13H20N2O2. The van der Waals surface area contributed by atoms with Crippen molar-refractivity contribution in [1.82, 2.24) is 10.2 Å². The summed E-state index contributed by atoms with van der Waals surface area (Å²) >= 11 is 0. The number of hydrogen-bond donors (Lipinski definition) is 1. The summed E-state index contributed by atoms with van der Waals surface area (Å²) in [5, 5.41) is 3.06. The molecule has 2 saturated heterocycles. The molecule has 1 N–H and O–H groups in total. The molecule has 4 heteroatoms. The van der Waals surface area contributed by atoms with E-state index >= 15 is 0 Å². The van der Waals surface area contributed by atoms with Gasteiger partial charge in [0.15, 0.2) is 0 Å². The third-order valence-corrected chi connectivity index (χ3v) is 4.84. The van der Waals surface area contributed by atoms with E-state index < -0.39 is 11.1 Å². The molecule has 3 rings (SSSR count). The van der Waals surface area contributed by atoms with E-state index in [9.17, 15) is 9.59 Å². The lowest BCUT2D eigenvalue weighted by molar-refractivity contribution is -0.160. The minimum absolute atomic E-state index is 0.0662. The van der Waals surface area contributed by atoms with Crippen LogP contribution in [0.25, 0.3) is 0 Å². The second-order valence-corrected chi connectivity index (χ2v) is 5.93. The second-order valence-electron chi connectivity index (χ2n) is 5.93. The highest BCUT2D eigenvalue weighted by Crippen LogP contribution is 2.40. The summed E-state index contributed by atoms with van der Waals surface area (Å²) in [5.74, 6) is 0.244. The maximum absolute atomic E-state index is 12.6. The van der Waals surface area contributed by atoms with Gasteiger partial charge in [-0.3, -0.25) is 9.59 Å². The van der Waals surface area contributed by atoms with E-state index in [0.29, 0.717) is 0 Å². The van der Waals surface area contributed by atoms with Crippen LogP contribution in [0.1, 0.15) is 51.9 Å². The van der Waals surface area contributed by atoms with Gasteiger partial charge in [0.2, 0.25) is 11.8 Å². The van der Waals surface area contributed by atoms with Crippen LogP contribution in [-0.2, 0) is 9.59 Å². The molecule has 0 aromatic rings. The van der Waals surface area contributed by atoms with Crippen LogP contribution in [0, 0.1) is 0 Å². The number of hydrogen-bond acceptors (Lipinski definition) is 2. The van der Waals surface area contributed by atoms with Gasteiger partial charge < -0.3 is 10.2 Å². The zero-order chi connectivity index (χ0) is 12.1. The molecule has 4 nitrogen and oxygen atoms in total. The summed E-state index contributed by atoms with van der Waals surface area (Å²) in [6.07, 6.45) is 6.69. The molecule has 2 heterocycles. The van der Waals surface area contributed by atoms with Crippen molar-refractivity contribution in [2.45, 2.75) is 62.9 Å². The van der Waals surface area contributed by atoms with E-state index in [1.807, 2.05) is 11.8 Å². The van der Waals surface area contributed by atoms with Crippen LogP contribution in [0.15, 0.2) is 0 Å². The van der Waals surface area contributed by atoms with Gasteiger partial charge in [-0.25, -0.2) is 0 Å². The van der Waals surface area contributed by atoms with Crippen molar-refractivity contribution in [1.29, 1.82) is 0 Å². The average Bonchev–Trinajstić information content (AvgIpc) is 2.72. The van der Waals surface area contributed by atoms with Crippen LogP contribution >= 0.6 is 0 Å². The van der Waals surface area contributed by atoms with Gasteiger partial charge >= 0.3 is 0 Å². The Morgan fingerprint density at radius 2 is 1.76 bits per heavy atom. The molecule has 1 spiro atoms. The molecule has 17 heavy (non-hydrogen) atoms. The molecule has 0 radical (unpaired) electrons. The van der Waals surface area contributed by atoms with Gasteiger partial charge in [-0.05, 0) is 32.6 Å². The van der Waals surface area contributed by atoms with Crippen molar-refractivity contribution in [2.24, 2.45) is 0 Å². The Kier molecular flexibility index (Phi) is 2.25. The first kappa shape index (κ1) is 11.1. The van der Waals surface area contributed by atoms with Crippen LogP contribution in [0.3, 0.4) is 0 Å². The lowest BCUT2D eigenvalue weighted by Crippen LogP contribution is -2.73. The van der Waals surface area contributed by atoms with Crippen LogP contribution in [0.2, 0.25) is 0 Å². The van der Waals surface area contributed by atoms with Crippen molar-refractivity contribution >= 4 is 11.8 Å². The first-order valence-corrected chi connectivity index (χ1v) is 6.73. The van der Waals surface area contributed by atoms with Gasteiger partial charge in [-0.15, -0.1) is 0 Å². The van der Waals surface area contributed by atoms with E-state index in [-0.39, 0.29) is 11.8 Å². The molecule has 1 aliphatic carbocycles. The maximum Gasteiger partial charge on any atom is 0.249 e. The van der Waals surface area contributed by atoms with Gasteiger partial charge in [0.05, 0.1) is 0 Å². The quantitative estimate of drug-likeness (QED) is 0.687. The number of fused-ring (bicyclic) bond motifs is 1. The smallest absolute Gasteiger partial charge is 0.249 e. The summed E-state index contributed by atoms with van der Waals surface area (Å²) in [5.41, 5.74) is -1.13. The lowest BCUT2D eigenvalue weighted by atomic mass is 9.77. The SMILES string of the molecule is C[C@@]12CCCN1C(=O)C1(CCCCC1)NC2=O. The van der Waals surface area contributed by atoms with Crippen molar-refractivity contribution < 1.29 is 9.59 Å². The predicted octanol–water partition coefficient (Wildman–Crippen LogP) is 1.20. The highest BCUT2D eigenvalue weighted by atomic mass is 16.2. The van der Waals surface area contributed by atoms with Crippen molar-refractivity contribution in [3.8, 4) is 0 Å². The molecule has 2 aliphatic heterocycles. The minimum atomic E-state index is -0.570. The number of amides is 2. The van der Waals surface area contributed by atoms with E-state index in [1.54, 1.807) is 0 Å². The Hall–Kier alpha value is -1.06. The zero-order valence-corrected chi connectivity index (χ0v) is 10.4. The number of piperazine rings is 1. The van der Waals surface area contributed by atoms with Gasteiger partial charge in [-0.1, -0.05) is 19.3 Å². The molecule has 1 atom stereocenters. The van der Waals surface area contributed by atoms with E-state index in [2.05, 4.69) is 5.32 Å². The highest BCUT2D eigenvalue weighted by molar-refractivity contribution is 6.02. The topological polar surface area (TPSA) is 49.4 Å². The van der Waals surface area contributed by atoms with Crippen molar-refractivity contribution in [3.05, 3.63) is 0 Å². The van der Waals surface area contributed by atoms with Crippen LogP contribution in [-0.4, -0.2) is 34.3 Å². The van der Waals surface area contributed by atoms with Crippen molar-refractivity contribution in [2.75, 3.05) is 6.54 Å². The largest absolute Gasteiger partial charge is 0.340 e. The monoisotopic (exact) mass is 236 g/mol. The maximum atomic E-state index is 12.6. The number of carbonyl (C=O) groups is 2. The minimum Gasteiger partial charge on any atom is -0.340 e. The predicted molar refractivity (Wildman–Crippen MR) is 63.3 cm³/mol. The zero-order valence-electron chi connectivity index (χ0n) is 10.4. The first-order valence-electron chi connectivity index (χ1n) is 6.73. The fourth-order valence-corrected chi connectivity index (χ4v) is 3.68. The number of nitrogens with one attached hydrogen (secondary N) is 1. The highest BCUT2D eigenvalue weighted by Gasteiger charge is 2.57. The lowest BCUT2D eigenvalue weighted by Gasteiger charge is -2.49. The standard InChI is InChI=1S/C13H20N2O2/c1-12-6-5-9-15(12)11(17)13(14-10(12)16)7-3-2-4-8-13/h2-9H2,1H3,(H,14,16)/t12-/m0/s1. The number of rotatable bonds is 0. The van der Waals surface area contributed by atoms with Gasteiger partial charge in [0.25, 0.3) is 0 Å². The number of carbonyl (C=O) groups excluding carboxylic acids is 2. The molecule has 2 amide bonds.